The maximum Gasteiger partial charge on any atom is 0.251 e. The van der Waals surface area contributed by atoms with Gasteiger partial charge in [0.2, 0.25) is 0 Å². The molecule has 0 radical (unpaired) electrons. The van der Waals surface area contributed by atoms with Crippen molar-refractivity contribution >= 4 is 11.6 Å². The van der Waals surface area contributed by atoms with Crippen molar-refractivity contribution in [2.24, 2.45) is 0 Å². The standard InChI is InChI=1S/C14H15FN2O3/c1-9-16-14(19)8-12(17(9)5-6-18)11-7-10(15)3-4-13(11)20-2/h3-4,7-8,18H,1,5-6H2,2H3,(H,16,19). The van der Waals surface area contributed by atoms with Gasteiger partial charge in [-0.25, -0.2) is 4.39 Å². The molecule has 20 heavy (non-hydrogen) atoms. The number of hydrogen-bond acceptors (Lipinski definition) is 4. The number of carbonyl (C=O) groups excluding carboxylic acids is 1. The van der Waals surface area contributed by atoms with Gasteiger partial charge in [0.15, 0.2) is 0 Å². The summed E-state index contributed by atoms with van der Waals surface area (Å²) >= 11 is 0. The van der Waals surface area contributed by atoms with Crippen molar-refractivity contribution in [3.63, 3.8) is 0 Å². The number of carbonyl (C=O) groups is 1. The van der Waals surface area contributed by atoms with Crippen molar-refractivity contribution in [2.45, 2.75) is 0 Å². The Morgan fingerprint density at radius 3 is 2.90 bits per heavy atom. The molecule has 1 aliphatic heterocycles. The summed E-state index contributed by atoms with van der Waals surface area (Å²) in [7, 11) is 1.46. The average Bonchev–Trinajstić information content (AvgIpc) is 2.41. The van der Waals surface area contributed by atoms with E-state index in [1.165, 1.54) is 31.4 Å². The smallest absolute Gasteiger partial charge is 0.251 e. The Bertz CT molecular complexity index is 584. The predicted molar refractivity (Wildman–Crippen MR) is 72.0 cm³/mol. The van der Waals surface area contributed by atoms with Gasteiger partial charge >= 0.3 is 0 Å². The lowest BCUT2D eigenvalue weighted by atomic mass is 10.1. The number of nitrogens with one attached hydrogen (secondary N) is 1. The molecule has 0 fully saturated rings. The van der Waals surface area contributed by atoms with Gasteiger partial charge in [-0.05, 0) is 18.2 Å². The predicted octanol–water partition coefficient (Wildman–Crippen LogP) is 1.07. The summed E-state index contributed by atoms with van der Waals surface area (Å²) in [6, 6.07) is 4.04. The number of amides is 1. The molecular formula is C14H15FN2O3. The highest BCUT2D eigenvalue weighted by Crippen LogP contribution is 2.32. The summed E-state index contributed by atoms with van der Waals surface area (Å²) in [5, 5.41) is 11.7. The van der Waals surface area contributed by atoms with Crippen molar-refractivity contribution in [3.8, 4) is 5.75 Å². The van der Waals surface area contributed by atoms with Gasteiger partial charge in [0.05, 0.1) is 19.4 Å². The number of methoxy groups -OCH3 is 1. The van der Waals surface area contributed by atoms with E-state index in [0.717, 1.165) is 0 Å². The SMILES string of the molecule is C=C1NC(=O)C=C(c2cc(F)ccc2OC)N1CCO. The molecule has 6 heteroatoms. The molecule has 1 aromatic rings. The van der Waals surface area contributed by atoms with E-state index >= 15 is 0 Å². The Hall–Kier alpha value is -2.34. The van der Waals surface area contributed by atoms with Crippen LogP contribution in [0.5, 0.6) is 5.75 Å². The molecule has 1 heterocycles. The van der Waals surface area contributed by atoms with E-state index in [4.69, 9.17) is 9.84 Å². The van der Waals surface area contributed by atoms with Crippen LogP contribution in [0, 0.1) is 5.82 Å². The van der Waals surface area contributed by atoms with Gasteiger partial charge in [-0.2, -0.15) is 0 Å². The van der Waals surface area contributed by atoms with Crippen LogP contribution in [0.25, 0.3) is 5.70 Å². The first kappa shape index (κ1) is 14.1. The summed E-state index contributed by atoms with van der Waals surface area (Å²) in [5.41, 5.74) is 0.862. The fourth-order valence-corrected chi connectivity index (χ4v) is 2.05. The van der Waals surface area contributed by atoms with Crippen molar-refractivity contribution < 1.29 is 19.0 Å². The Morgan fingerprint density at radius 1 is 1.50 bits per heavy atom. The first-order valence-electron chi connectivity index (χ1n) is 6.00. The molecule has 5 nitrogen and oxygen atoms in total. The molecule has 0 saturated carbocycles. The van der Waals surface area contributed by atoms with Crippen LogP contribution >= 0.6 is 0 Å². The summed E-state index contributed by atoms with van der Waals surface area (Å²) in [5.74, 6) is -0.0382. The van der Waals surface area contributed by atoms with E-state index in [1.54, 1.807) is 4.90 Å². The highest BCUT2D eigenvalue weighted by atomic mass is 19.1. The minimum absolute atomic E-state index is 0.135. The third kappa shape index (κ3) is 2.65. The zero-order valence-electron chi connectivity index (χ0n) is 11.0. The zero-order chi connectivity index (χ0) is 14.7. The van der Waals surface area contributed by atoms with Gasteiger partial charge in [-0.15, -0.1) is 0 Å². The highest BCUT2D eigenvalue weighted by molar-refractivity contribution is 5.98. The number of nitrogens with zero attached hydrogens (tertiary/aromatic N) is 1. The van der Waals surface area contributed by atoms with Crippen molar-refractivity contribution in [3.05, 3.63) is 48.1 Å². The fraction of sp³-hybridized carbons (Fsp3) is 0.214. The lowest BCUT2D eigenvalue weighted by Gasteiger charge is -2.32. The molecule has 2 N–H and O–H groups in total. The van der Waals surface area contributed by atoms with Gasteiger partial charge < -0.3 is 20.1 Å². The second-order valence-corrected chi connectivity index (χ2v) is 4.19. The quantitative estimate of drug-likeness (QED) is 0.865. The van der Waals surface area contributed by atoms with Gasteiger partial charge in [0, 0.05) is 18.2 Å². The molecule has 0 atom stereocenters. The van der Waals surface area contributed by atoms with Crippen molar-refractivity contribution in [1.82, 2.24) is 10.2 Å². The minimum Gasteiger partial charge on any atom is -0.496 e. The Labute approximate surface area is 116 Å². The number of hydrogen-bond donors (Lipinski definition) is 2. The van der Waals surface area contributed by atoms with Gasteiger partial charge in [-0.3, -0.25) is 4.79 Å². The van der Waals surface area contributed by atoms with Crippen LogP contribution in [0.15, 0.2) is 36.7 Å². The van der Waals surface area contributed by atoms with Crippen LogP contribution in [-0.4, -0.2) is 36.2 Å². The zero-order valence-corrected chi connectivity index (χ0v) is 11.0. The molecule has 0 unspecified atom stereocenters. The monoisotopic (exact) mass is 278 g/mol. The van der Waals surface area contributed by atoms with E-state index in [9.17, 15) is 9.18 Å². The Morgan fingerprint density at radius 2 is 2.25 bits per heavy atom. The van der Waals surface area contributed by atoms with Gasteiger partial charge in [0.1, 0.15) is 17.4 Å². The average molecular weight is 278 g/mol. The molecule has 0 bridgehead atoms. The lowest BCUT2D eigenvalue weighted by molar-refractivity contribution is -0.116. The third-order valence-electron chi connectivity index (χ3n) is 2.91. The second kappa shape index (κ2) is 5.75. The topological polar surface area (TPSA) is 61.8 Å². The summed E-state index contributed by atoms with van der Waals surface area (Å²) in [6.07, 6.45) is 1.32. The van der Waals surface area contributed by atoms with E-state index in [0.29, 0.717) is 22.8 Å². The minimum atomic E-state index is -0.442. The maximum absolute atomic E-state index is 13.5. The van der Waals surface area contributed by atoms with Crippen molar-refractivity contribution in [1.29, 1.82) is 0 Å². The number of aliphatic hydroxyl groups is 1. The van der Waals surface area contributed by atoms with E-state index < -0.39 is 5.82 Å². The van der Waals surface area contributed by atoms with Crippen LogP contribution in [0.1, 0.15) is 5.56 Å². The van der Waals surface area contributed by atoms with Crippen LogP contribution < -0.4 is 10.1 Å². The van der Waals surface area contributed by atoms with Gasteiger partial charge in [-0.1, -0.05) is 6.58 Å². The molecule has 1 aromatic carbocycles. The molecular weight excluding hydrogens is 263 g/mol. The molecule has 2 rings (SSSR count). The first-order valence-corrected chi connectivity index (χ1v) is 6.00. The second-order valence-electron chi connectivity index (χ2n) is 4.19. The molecule has 1 aliphatic rings. The molecule has 0 spiro atoms. The number of ether oxygens (including phenoxy) is 1. The van der Waals surface area contributed by atoms with Crippen LogP contribution in [0.4, 0.5) is 4.39 Å². The number of aliphatic hydroxyl groups excluding tert-OH is 1. The third-order valence-corrected chi connectivity index (χ3v) is 2.91. The summed E-state index contributed by atoms with van der Waals surface area (Å²) < 4.78 is 18.7. The number of halogens is 1. The number of rotatable bonds is 4. The molecule has 0 aliphatic carbocycles. The van der Waals surface area contributed by atoms with Gasteiger partial charge in [0.25, 0.3) is 5.91 Å². The molecule has 0 saturated heterocycles. The van der Waals surface area contributed by atoms with Crippen LogP contribution in [0.2, 0.25) is 0 Å². The summed E-state index contributed by atoms with van der Waals surface area (Å²) in [6.45, 7) is 3.82. The Balaban J connectivity index is 2.54. The number of β-amino-alcohol motifs (C(OH)–C–C–N with tert-alkyl or cyclic N) is 1. The molecule has 106 valence electrons. The van der Waals surface area contributed by atoms with E-state index in [-0.39, 0.29) is 19.1 Å². The van der Waals surface area contributed by atoms with Crippen LogP contribution in [0.3, 0.4) is 0 Å². The normalized spacial score (nSPS) is 14.9. The molecule has 0 aromatic heterocycles. The van der Waals surface area contributed by atoms with Crippen molar-refractivity contribution in [2.75, 3.05) is 20.3 Å². The van der Waals surface area contributed by atoms with Crippen LogP contribution in [-0.2, 0) is 4.79 Å². The largest absolute Gasteiger partial charge is 0.496 e. The highest BCUT2D eigenvalue weighted by Gasteiger charge is 2.24. The number of benzene rings is 1. The molecule has 1 amide bonds. The Kier molecular flexibility index (Phi) is 4.05. The lowest BCUT2D eigenvalue weighted by Crippen LogP contribution is -2.39. The summed E-state index contributed by atoms with van der Waals surface area (Å²) in [4.78, 5) is 13.2. The van der Waals surface area contributed by atoms with E-state index in [1.807, 2.05) is 0 Å². The first-order chi connectivity index (χ1) is 9.56. The fourth-order valence-electron chi connectivity index (χ4n) is 2.05. The maximum atomic E-state index is 13.5. The van der Waals surface area contributed by atoms with E-state index in [2.05, 4.69) is 11.9 Å².